The van der Waals surface area contributed by atoms with Crippen LogP contribution in [0.4, 0.5) is 5.69 Å². The van der Waals surface area contributed by atoms with Gasteiger partial charge in [-0.15, -0.1) is 0 Å². The van der Waals surface area contributed by atoms with Gasteiger partial charge in [-0.05, 0) is 42.5 Å². The van der Waals surface area contributed by atoms with Gasteiger partial charge in [-0.25, -0.2) is 0 Å². The third-order valence-corrected chi connectivity index (χ3v) is 3.26. The van der Waals surface area contributed by atoms with Crippen molar-refractivity contribution in [2.45, 2.75) is 6.42 Å². The molecule has 0 saturated carbocycles. The summed E-state index contributed by atoms with van der Waals surface area (Å²) in [5.41, 5.74) is 0.739. The number of carbonyl (C=O) groups excluding carboxylic acids is 1. The number of amides is 1. The minimum absolute atomic E-state index is 0.0878. The van der Waals surface area contributed by atoms with Crippen LogP contribution in [-0.2, 0) is 4.79 Å². The maximum atomic E-state index is 11.8. The van der Waals surface area contributed by atoms with Crippen LogP contribution in [-0.4, -0.2) is 19.6 Å². The summed E-state index contributed by atoms with van der Waals surface area (Å²) >= 11 is 3.37. The van der Waals surface area contributed by atoms with E-state index < -0.39 is 0 Å². The maximum absolute atomic E-state index is 11.8. The van der Waals surface area contributed by atoms with Crippen LogP contribution < -0.4 is 14.8 Å². The molecule has 0 bridgehead atoms. The molecule has 4 nitrogen and oxygen atoms in total. The lowest BCUT2D eigenvalue weighted by Gasteiger charge is -2.08. The smallest absolute Gasteiger partial charge is 0.227 e. The van der Waals surface area contributed by atoms with Gasteiger partial charge < -0.3 is 14.8 Å². The molecule has 21 heavy (non-hydrogen) atoms. The molecule has 5 heteroatoms. The highest BCUT2D eigenvalue weighted by atomic mass is 79.9. The molecule has 2 aromatic rings. The zero-order chi connectivity index (χ0) is 15.1. The summed E-state index contributed by atoms with van der Waals surface area (Å²) in [5, 5.41) is 2.81. The molecule has 1 N–H and O–H groups in total. The standard InChI is InChI=1S/C16H16BrNO3/c1-20-14-7-5-13(6-8-14)18-16(19)9-10-21-15-4-2-3-12(17)11-15/h2-8,11H,9-10H2,1H3,(H,18,19). The second-order valence-corrected chi connectivity index (χ2v) is 5.25. The normalized spacial score (nSPS) is 10.0. The average Bonchev–Trinajstić information content (AvgIpc) is 2.48. The van der Waals surface area contributed by atoms with E-state index in [2.05, 4.69) is 21.2 Å². The van der Waals surface area contributed by atoms with E-state index in [9.17, 15) is 4.79 Å². The molecule has 0 aliphatic heterocycles. The number of carbonyl (C=O) groups is 1. The lowest BCUT2D eigenvalue weighted by Crippen LogP contribution is -2.15. The molecule has 0 radical (unpaired) electrons. The number of methoxy groups -OCH3 is 1. The lowest BCUT2D eigenvalue weighted by molar-refractivity contribution is -0.116. The van der Waals surface area contributed by atoms with E-state index >= 15 is 0 Å². The van der Waals surface area contributed by atoms with E-state index in [0.717, 1.165) is 21.7 Å². The summed E-state index contributed by atoms with van der Waals surface area (Å²) in [6, 6.07) is 14.7. The third-order valence-electron chi connectivity index (χ3n) is 2.77. The Kier molecular flexibility index (Phi) is 5.63. The molecular formula is C16H16BrNO3. The van der Waals surface area contributed by atoms with Crippen molar-refractivity contribution >= 4 is 27.5 Å². The molecule has 0 unspecified atom stereocenters. The Morgan fingerprint density at radius 1 is 1.14 bits per heavy atom. The predicted octanol–water partition coefficient (Wildman–Crippen LogP) is 3.87. The van der Waals surface area contributed by atoms with Gasteiger partial charge in [0.1, 0.15) is 11.5 Å². The summed E-state index contributed by atoms with van der Waals surface area (Å²) in [5.74, 6) is 1.41. The summed E-state index contributed by atoms with van der Waals surface area (Å²) in [6.07, 6.45) is 0.290. The number of nitrogens with one attached hydrogen (secondary N) is 1. The summed E-state index contributed by atoms with van der Waals surface area (Å²) in [6.45, 7) is 0.332. The number of benzene rings is 2. The van der Waals surface area contributed by atoms with Crippen molar-refractivity contribution in [3.05, 3.63) is 53.0 Å². The number of hydrogen-bond donors (Lipinski definition) is 1. The fourth-order valence-electron chi connectivity index (χ4n) is 1.72. The zero-order valence-corrected chi connectivity index (χ0v) is 13.2. The second kappa shape index (κ2) is 7.69. The highest BCUT2D eigenvalue weighted by molar-refractivity contribution is 9.10. The molecule has 0 aliphatic carbocycles. The van der Waals surface area contributed by atoms with E-state index in [-0.39, 0.29) is 5.91 Å². The Balaban J connectivity index is 1.76. The van der Waals surface area contributed by atoms with Gasteiger partial charge >= 0.3 is 0 Å². The fraction of sp³-hybridized carbons (Fsp3) is 0.188. The Morgan fingerprint density at radius 3 is 2.57 bits per heavy atom. The zero-order valence-electron chi connectivity index (χ0n) is 11.6. The molecule has 0 aliphatic rings. The molecule has 110 valence electrons. The number of rotatable bonds is 6. The average molecular weight is 350 g/mol. The van der Waals surface area contributed by atoms with Crippen molar-refractivity contribution in [1.82, 2.24) is 0 Å². The highest BCUT2D eigenvalue weighted by Gasteiger charge is 2.03. The van der Waals surface area contributed by atoms with Gasteiger partial charge in [-0.1, -0.05) is 22.0 Å². The van der Waals surface area contributed by atoms with E-state index in [1.165, 1.54) is 0 Å². The van der Waals surface area contributed by atoms with Gasteiger partial charge in [0.25, 0.3) is 0 Å². The molecule has 0 fully saturated rings. The fourth-order valence-corrected chi connectivity index (χ4v) is 2.09. The van der Waals surface area contributed by atoms with Crippen molar-refractivity contribution in [3.8, 4) is 11.5 Å². The molecule has 1 amide bonds. The largest absolute Gasteiger partial charge is 0.497 e. The molecule has 0 spiro atoms. The van der Waals surface area contributed by atoms with Crippen molar-refractivity contribution in [2.75, 3.05) is 19.0 Å². The summed E-state index contributed by atoms with van der Waals surface area (Å²) in [7, 11) is 1.60. The minimum atomic E-state index is -0.0878. The summed E-state index contributed by atoms with van der Waals surface area (Å²) < 4.78 is 11.5. The second-order valence-electron chi connectivity index (χ2n) is 4.33. The van der Waals surface area contributed by atoms with Crippen LogP contribution in [0.3, 0.4) is 0 Å². The van der Waals surface area contributed by atoms with Crippen LogP contribution in [0.25, 0.3) is 0 Å². The van der Waals surface area contributed by atoms with E-state index in [4.69, 9.17) is 9.47 Å². The quantitative estimate of drug-likeness (QED) is 0.861. The Morgan fingerprint density at radius 2 is 1.90 bits per heavy atom. The molecule has 2 rings (SSSR count). The van der Waals surface area contributed by atoms with Gasteiger partial charge in [-0.2, -0.15) is 0 Å². The van der Waals surface area contributed by atoms with Crippen molar-refractivity contribution in [3.63, 3.8) is 0 Å². The number of hydrogen-bond acceptors (Lipinski definition) is 3. The first-order valence-electron chi connectivity index (χ1n) is 6.49. The maximum Gasteiger partial charge on any atom is 0.227 e. The van der Waals surface area contributed by atoms with Crippen molar-refractivity contribution < 1.29 is 14.3 Å². The number of halogens is 1. The molecule has 0 saturated heterocycles. The van der Waals surface area contributed by atoms with Gasteiger partial charge in [0.2, 0.25) is 5.91 Å². The third kappa shape index (κ3) is 5.11. The van der Waals surface area contributed by atoms with Crippen molar-refractivity contribution in [1.29, 1.82) is 0 Å². The molecule has 2 aromatic carbocycles. The highest BCUT2D eigenvalue weighted by Crippen LogP contribution is 2.18. The van der Waals surface area contributed by atoms with E-state index in [1.54, 1.807) is 31.4 Å². The van der Waals surface area contributed by atoms with Gasteiger partial charge in [0.05, 0.1) is 20.1 Å². The Hall–Kier alpha value is -2.01. The Labute approximate surface area is 132 Å². The monoisotopic (exact) mass is 349 g/mol. The van der Waals surface area contributed by atoms with Crippen LogP contribution in [0.5, 0.6) is 11.5 Å². The SMILES string of the molecule is COc1ccc(NC(=O)CCOc2cccc(Br)c2)cc1. The van der Waals surface area contributed by atoms with E-state index in [0.29, 0.717) is 13.0 Å². The van der Waals surface area contributed by atoms with Crippen LogP contribution in [0, 0.1) is 0 Å². The molecule has 0 atom stereocenters. The van der Waals surface area contributed by atoms with Gasteiger partial charge in [0, 0.05) is 10.2 Å². The molecule has 0 heterocycles. The van der Waals surface area contributed by atoms with Crippen LogP contribution in [0.15, 0.2) is 53.0 Å². The van der Waals surface area contributed by atoms with Crippen LogP contribution in [0.2, 0.25) is 0 Å². The van der Waals surface area contributed by atoms with Crippen molar-refractivity contribution in [2.24, 2.45) is 0 Å². The number of ether oxygens (including phenoxy) is 2. The van der Waals surface area contributed by atoms with Gasteiger partial charge in [0.15, 0.2) is 0 Å². The lowest BCUT2D eigenvalue weighted by atomic mass is 10.3. The number of anilines is 1. The van der Waals surface area contributed by atoms with Crippen LogP contribution >= 0.6 is 15.9 Å². The minimum Gasteiger partial charge on any atom is -0.497 e. The predicted molar refractivity (Wildman–Crippen MR) is 85.9 cm³/mol. The first kappa shape index (κ1) is 15.4. The Bertz CT molecular complexity index is 599. The summed E-state index contributed by atoms with van der Waals surface area (Å²) in [4.78, 5) is 11.8. The molecular weight excluding hydrogens is 334 g/mol. The van der Waals surface area contributed by atoms with Crippen LogP contribution in [0.1, 0.15) is 6.42 Å². The first-order chi connectivity index (χ1) is 10.2. The van der Waals surface area contributed by atoms with E-state index in [1.807, 2.05) is 24.3 Å². The molecule has 0 aromatic heterocycles. The first-order valence-corrected chi connectivity index (χ1v) is 7.29. The topological polar surface area (TPSA) is 47.6 Å². The van der Waals surface area contributed by atoms with Gasteiger partial charge in [-0.3, -0.25) is 4.79 Å².